The number of H-pyrrole nitrogens is 1. The fourth-order valence-electron chi connectivity index (χ4n) is 5.77. The van der Waals surface area contributed by atoms with Gasteiger partial charge in [0.25, 0.3) is 0 Å². The van der Waals surface area contributed by atoms with Crippen molar-refractivity contribution in [1.29, 1.82) is 0 Å². The lowest BCUT2D eigenvalue weighted by Gasteiger charge is -2.41. The number of aromatic nitrogens is 1. The number of aryl methyl sites for hydroxylation is 1. The number of nitrogens with one attached hydrogen (secondary N) is 1. The summed E-state index contributed by atoms with van der Waals surface area (Å²) < 4.78 is 12.3. The molecule has 2 atom stereocenters. The summed E-state index contributed by atoms with van der Waals surface area (Å²) in [6.07, 6.45) is 9.41. The number of carbonyl (C=O) groups is 1. The summed E-state index contributed by atoms with van der Waals surface area (Å²) >= 11 is 0. The fourth-order valence-corrected chi connectivity index (χ4v) is 5.77. The van der Waals surface area contributed by atoms with Gasteiger partial charge in [-0.05, 0) is 68.0 Å². The van der Waals surface area contributed by atoms with Crippen molar-refractivity contribution in [3.8, 4) is 5.75 Å². The maximum atomic E-state index is 11.4. The Balaban J connectivity index is 1.45. The number of carboxylic acids is 1. The summed E-state index contributed by atoms with van der Waals surface area (Å²) in [6, 6.07) is 11.8. The van der Waals surface area contributed by atoms with Gasteiger partial charge in [0.15, 0.2) is 0 Å². The summed E-state index contributed by atoms with van der Waals surface area (Å²) in [5.74, 6) is 0.0163. The van der Waals surface area contributed by atoms with Crippen LogP contribution in [0.15, 0.2) is 42.6 Å². The SMILES string of the molecule is COc1cc(C)c2[nH]ccc2c1CN1CC[C@H](OC2CCCC2)C[C@H]1c1ccc(C(=O)O)cc1. The summed E-state index contributed by atoms with van der Waals surface area (Å²) in [5, 5.41) is 10.5. The molecule has 0 radical (unpaired) electrons. The number of methoxy groups -OCH3 is 1. The third-order valence-corrected chi connectivity index (χ3v) is 7.59. The Labute approximate surface area is 200 Å². The van der Waals surface area contributed by atoms with E-state index in [1.54, 1.807) is 19.2 Å². The molecular formula is C28H34N2O4. The van der Waals surface area contributed by atoms with E-state index in [2.05, 4.69) is 28.9 Å². The van der Waals surface area contributed by atoms with Gasteiger partial charge in [-0.1, -0.05) is 25.0 Å². The molecule has 3 aromatic rings. The summed E-state index contributed by atoms with van der Waals surface area (Å²) in [5.41, 5.74) is 4.97. The van der Waals surface area contributed by atoms with Crippen LogP contribution in [0.2, 0.25) is 0 Å². The zero-order valence-electron chi connectivity index (χ0n) is 20.0. The smallest absolute Gasteiger partial charge is 0.335 e. The highest BCUT2D eigenvalue weighted by molar-refractivity contribution is 5.88. The van der Waals surface area contributed by atoms with Crippen LogP contribution in [0, 0.1) is 6.92 Å². The van der Waals surface area contributed by atoms with Gasteiger partial charge in [0.2, 0.25) is 0 Å². The Hall–Kier alpha value is -2.83. The molecule has 2 N–H and O–H groups in total. The molecule has 6 nitrogen and oxygen atoms in total. The van der Waals surface area contributed by atoms with Crippen LogP contribution in [0.4, 0.5) is 0 Å². The first kappa shape index (κ1) is 22.9. The maximum Gasteiger partial charge on any atom is 0.335 e. The fraction of sp³-hybridized carbons (Fsp3) is 0.464. The highest BCUT2D eigenvalue weighted by Gasteiger charge is 2.33. The summed E-state index contributed by atoms with van der Waals surface area (Å²) in [4.78, 5) is 17.3. The number of aromatic carboxylic acids is 1. The van der Waals surface area contributed by atoms with Gasteiger partial charge >= 0.3 is 5.97 Å². The lowest BCUT2D eigenvalue weighted by atomic mass is 9.91. The molecule has 0 bridgehead atoms. The molecule has 2 heterocycles. The van der Waals surface area contributed by atoms with E-state index in [9.17, 15) is 9.90 Å². The molecule has 1 aliphatic heterocycles. The van der Waals surface area contributed by atoms with Crippen LogP contribution < -0.4 is 4.74 Å². The Morgan fingerprint density at radius 3 is 2.59 bits per heavy atom. The van der Waals surface area contributed by atoms with Gasteiger partial charge in [-0.3, -0.25) is 4.90 Å². The number of carboxylic acid groups (broad SMARTS) is 1. The topological polar surface area (TPSA) is 74.8 Å². The predicted octanol–water partition coefficient (Wildman–Crippen LogP) is 5.85. The van der Waals surface area contributed by atoms with Crippen LogP contribution in [-0.4, -0.2) is 46.8 Å². The van der Waals surface area contributed by atoms with E-state index in [1.807, 2.05) is 18.3 Å². The highest BCUT2D eigenvalue weighted by Crippen LogP contribution is 2.39. The van der Waals surface area contributed by atoms with Crippen LogP contribution in [0.25, 0.3) is 10.9 Å². The Bertz CT molecular complexity index is 1150. The minimum atomic E-state index is -0.895. The van der Waals surface area contributed by atoms with Crippen LogP contribution in [0.5, 0.6) is 5.75 Å². The minimum absolute atomic E-state index is 0.156. The first-order valence-electron chi connectivity index (χ1n) is 12.4. The first-order chi connectivity index (χ1) is 16.5. The molecule has 0 amide bonds. The van der Waals surface area contributed by atoms with Crippen molar-refractivity contribution in [3.05, 3.63) is 64.8 Å². The van der Waals surface area contributed by atoms with Crippen molar-refractivity contribution in [1.82, 2.24) is 9.88 Å². The van der Waals surface area contributed by atoms with Gasteiger partial charge in [0.1, 0.15) is 5.75 Å². The molecular weight excluding hydrogens is 428 g/mol. The Kier molecular flexibility index (Phi) is 6.61. The van der Waals surface area contributed by atoms with Crippen molar-refractivity contribution < 1.29 is 19.4 Å². The van der Waals surface area contributed by atoms with Crippen molar-refractivity contribution in [2.75, 3.05) is 13.7 Å². The van der Waals surface area contributed by atoms with Crippen molar-refractivity contribution in [3.63, 3.8) is 0 Å². The van der Waals surface area contributed by atoms with E-state index < -0.39 is 5.97 Å². The molecule has 5 rings (SSSR count). The molecule has 0 spiro atoms. The number of aromatic amines is 1. The third-order valence-electron chi connectivity index (χ3n) is 7.59. The van der Waals surface area contributed by atoms with Crippen LogP contribution in [0.1, 0.15) is 71.6 Å². The molecule has 2 aliphatic rings. The highest BCUT2D eigenvalue weighted by atomic mass is 16.5. The minimum Gasteiger partial charge on any atom is -0.496 e. The van der Waals surface area contributed by atoms with E-state index in [0.717, 1.165) is 42.8 Å². The number of hydrogen-bond acceptors (Lipinski definition) is 4. The second-order valence-electron chi connectivity index (χ2n) is 9.74. The normalized spacial score (nSPS) is 21.8. The quantitative estimate of drug-likeness (QED) is 0.461. The second kappa shape index (κ2) is 9.80. The zero-order valence-corrected chi connectivity index (χ0v) is 20.0. The van der Waals surface area contributed by atoms with E-state index in [-0.39, 0.29) is 12.1 Å². The summed E-state index contributed by atoms with van der Waals surface area (Å²) in [6.45, 7) is 3.79. The van der Waals surface area contributed by atoms with Crippen LogP contribution in [0.3, 0.4) is 0 Å². The van der Waals surface area contributed by atoms with Crippen LogP contribution in [-0.2, 0) is 11.3 Å². The van der Waals surface area contributed by atoms with E-state index in [4.69, 9.17) is 9.47 Å². The Morgan fingerprint density at radius 1 is 1.12 bits per heavy atom. The second-order valence-corrected chi connectivity index (χ2v) is 9.74. The molecule has 2 fully saturated rings. The van der Waals surface area contributed by atoms with Gasteiger partial charge in [-0.25, -0.2) is 4.79 Å². The molecule has 1 aliphatic carbocycles. The predicted molar refractivity (Wildman–Crippen MR) is 133 cm³/mol. The summed E-state index contributed by atoms with van der Waals surface area (Å²) in [7, 11) is 1.74. The van der Waals surface area contributed by atoms with Crippen molar-refractivity contribution in [2.24, 2.45) is 0 Å². The van der Waals surface area contributed by atoms with Gasteiger partial charge < -0.3 is 19.6 Å². The van der Waals surface area contributed by atoms with Gasteiger partial charge in [-0.2, -0.15) is 0 Å². The number of piperidine rings is 1. The monoisotopic (exact) mass is 462 g/mol. The average Bonchev–Trinajstić information content (AvgIpc) is 3.54. The zero-order chi connectivity index (χ0) is 23.7. The molecule has 0 unspecified atom stereocenters. The number of nitrogens with zero attached hydrogens (tertiary/aromatic N) is 1. The maximum absolute atomic E-state index is 11.4. The van der Waals surface area contributed by atoms with E-state index in [1.165, 1.54) is 42.2 Å². The number of ether oxygens (including phenoxy) is 2. The molecule has 6 heteroatoms. The van der Waals surface area contributed by atoms with Crippen molar-refractivity contribution >= 4 is 16.9 Å². The third kappa shape index (κ3) is 4.57. The number of benzene rings is 2. The van der Waals surface area contributed by atoms with E-state index >= 15 is 0 Å². The number of fused-ring (bicyclic) bond motifs is 1. The van der Waals surface area contributed by atoms with Gasteiger partial charge in [0, 0.05) is 41.8 Å². The number of rotatable bonds is 7. The average molecular weight is 463 g/mol. The first-order valence-corrected chi connectivity index (χ1v) is 12.4. The largest absolute Gasteiger partial charge is 0.496 e. The van der Waals surface area contributed by atoms with Crippen LogP contribution >= 0.6 is 0 Å². The molecule has 1 saturated carbocycles. The molecule has 2 aromatic carbocycles. The molecule has 180 valence electrons. The van der Waals surface area contributed by atoms with Gasteiger partial charge in [0.05, 0.1) is 24.9 Å². The Morgan fingerprint density at radius 2 is 1.88 bits per heavy atom. The number of hydrogen-bond donors (Lipinski definition) is 2. The van der Waals surface area contributed by atoms with Crippen molar-refractivity contribution in [2.45, 2.75) is 70.2 Å². The standard InChI is InChI=1S/C28H34N2O4/c1-18-15-26(33-2)24(23-11-13-29-27(18)23)17-30-14-12-22(34-21-5-3-4-6-21)16-25(30)19-7-9-20(10-8-19)28(31)32/h7-11,13,15,21-22,25,29H,3-6,12,14,16-17H2,1-2H3,(H,31,32)/t22-,25-/m0/s1. The lowest BCUT2D eigenvalue weighted by molar-refractivity contribution is -0.0572. The van der Waals surface area contributed by atoms with Gasteiger partial charge in [-0.15, -0.1) is 0 Å². The number of likely N-dealkylation sites (tertiary alicyclic amines) is 1. The molecule has 1 saturated heterocycles. The lowest BCUT2D eigenvalue weighted by Crippen LogP contribution is -2.40. The molecule has 34 heavy (non-hydrogen) atoms. The van der Waals surface area contributed by atoms with E-state index in [0.29, 0.717) is 11.7 Å². The molecule has 1 aromatic heterocycles.